The van der Waals surface area contributed by atoms with Crippen LogP contribution in [-0.2, 0) is 0 Å². The Kier molecular flexibility index (Phi) is 2.35. The van der Waals surface area contributed by atoms with E-state index in [0.717, 1.165) is 11.1 Å². The van der Waals surface area contributed by atoms with Crippen molar-refractivity contribution in [3.8, 4) is 0 Å². The van der Waals surface area contributed by atoms with Gasteiger partial charge in [-0.2, -0.15) is 12.6 Å². The second-order valence-corrected chi connectivity index (χ2v) is 3.67. The van der Waals surface area contributed by atoms with Crippen molar-refractivity contribution in [2.45, 2.75) is 5.25 Å². The van der Waals surface area contributed by atoms with Crippen molar-refractivity contribution in [3.05, 3.63) is 23.9 Å². The molecule has 0 aliphatic rings. The zero-order valence-corrected chi connectivity index (χ0v) is 8.37. The highest BCUT2D eigenvalue weighted by Gasteiger charge is 2.15. The molecule has 0 radical (unpaired) electrons. The molecule has 74 valence electrons. The highest BCUT2D eigenvalue weighted by Crippen LogP contribution is 2.29. The Morgan fingerprint density at radius 3 is 3.00 bits per heavy atom. The van der Waals surface area contributed by atoms with Gasteiger partial charge >= 0.3 is 0 Å². The number of hydrogen-bond acceptors (Lipinski definition) is 5. The van der Waals surface area contributed by atoms with Gasteiger partial charge in [-0.1, -0.05) is 11.2 Å². The van der Waals surface area contributed by atoms with Crippen LogP contribution in [0.2, 0.25) is 0 Å². The fraction of sp³-hybridized carbons (Fsp3) is 0.222. The van der Waals surface area contributed by atoms with Gasteiger partial charge in [0.15, 0.2) is 5.58 Å². The number of hydrogen-bond donors (Lipinski definition) is 3. The van der Waals surface area contributed by atoms with Crippen molar-refractivity contribution >= 4 is 29.3 Å². The number of rotatable bonds is 2. The van der Waals surface area contributed by atoms with E-state index in [-0.39, 0.29) is 5.25 Å². The summed E-state index contributed by atoms with van der Waals surface area (Å²) in [5.74, 6) is 0. The molecular weight excluding hydrogens is 198 g/mol. The third kappa shape index (κ3) is 1.34. The number of nitrogens with zero attached hydrogens (tertiary/aromatic N) is 1. The van der Waals surface area contributed by atoms with E-state index in [1.807, 2.05) is 12.1 Å². The predicted molar refractivity (Wildman–Crippen MR) is 59.2 cm³/mol. The summed E-state index contributed by atoms with van der Waals surface area (Å²) in [5.41, 5.74) is 13.2. The molecular formula is C9H11N3OS. The summed E-state index contributed by atoms with van der Waals surface area (Å²) in [6.45, 7) is 0.416. The predicted octanol–water partition coefficient (Wildman–Crippen LogP) is 1.34. The summed E-state index contributed by atoms with van der Waals surface area (Å²) in [6.07, 6.45) is 0. The third-order valence-electron chi connectivity index (χ3n) is 2.10. The molecule has 0 aliphatic carbocycles. The van der Waals surface area contributed by atoms with E-state index in [0.29, 0.717) is 17.8 Å². The maximum absolute atomic E-state index is 5.72. The summed E-state index contributed by atoms with van der Waals surface area (Å²) in [4.78, 5) is 0. The van der Waals surface area contributed by atoms with Gasteiger partial charge in [0.05, 0.1) is 10.9 Å². The molecule has 0 bridgehead atoms. The van der Waals surface area contributed by atoms with Gasteiger partial charge in [-0.15, -0.1) is 0 Å². The Hall–Kier alpha value is -1.20. The SMILES string of the molecule is NCC(S)c1noc2c(N)cccc12. The second kappa shape index (κ2) is 3.51. The Labute approximate surface area is 86.6 Å². The van der Waals surface area contributed by atoms with Crippen LogP contribution in [-0.4, -0.2) is 11.7 Å². The first-order chi connectivity index (χ1) is 6.74. The van der Waals surface area contributed by atoms with Crippen molar-refractivity contribution < 1.29 is 4.52 Å². The number of para-hydroxylation sites is 1. The van der Waals surface area contributed by atoms with E-state index in [2.05, 4.69) is 17.8 Å². The lowest BCUT2D eigenvalue weighted by molar-refractivity contribution is 0.446. The van der Waals surface area contributed by atoms with Crippen LogP contribution in [0.5, 0.6) is 0 Å². The Morgan fingerprint density at radius 1 is 1.50 bits per heavy atom. The molecule has 2 aromatic rings. The zero-order chi connectivity index (χ0) is 10.1. The van der Waals surface area contributed by atoms with Crippen molar-refractivity contribution in [2.75, 3.05) is 12.3 Å². The molecule has 1 atom stereocenters. The maximum atomic E-state index is 5.72. The number of anilines is 1. The van der Waals surface area contributed by atoms with Crippen LogP contribution < -0.4 is 11.5 Å². The second-order valence-electron chi connectivity index (χ2n) is 3.04. The molecule has 1 heterocycles. The molecule has 0 saturated carbocycles. The van der Waals surface area contributed by atoms with Gasteiger partial charge in [-0.25, -0.2) is 0 Å². The number of aromatic nitrogens is 1. The molecule has 5 heteroatoms. The summed E-state index contributed by atoms with van der Waals surface area (Å²) in [6, 6.07) is 5.53. The van der Waals surface area contributed by atoms with E-state index in [4.69, 9.17) is 16.0 Å². The molecule has 1 aromatic heterocycles. The number of thiol groups is 1. The smallest absolute Gasteiger partial charge is 0.189 e. The molecule has 1 aromatic carbocycles. The number of benzene rings is 1. The summed E-state index contributed by atoms with van der Waals surface area (Å²) in [7, 11) is 0. The van der Waals surface area contributed by atoms with Gasteiger partial charge in [0, 0.05) is 11.9 Å². The zero-order valence-electron chi connectivity index (χ0n) is 7.47. The molecule has 4 N–H and O–H groups in total. The van der Waals surface area contributed by atoms with Crippen molar-refractivity contribution in [1.82, 2.24) is 5.16 Å². The monoisotopic (exact) mass is 209 g/mol. The summed E-state index contributed by atoms with van der Waals surface area (Å²) >= 11 is 4.31. The molecule has 2 rings (SSSR count). The molecule has 0 aliphatic heterocycles. The van der Waals surface area contributed by atoms with Crippen LogP contribution in [0, 0.1) is 0 Å². The third-order valence-corrected chi connectivity index (χ3v) is 2.55. The molecule has 0 amide bonds. The van der Waals surface area contributed by atoms with Crippen LogP contribution in [0.3, 0.4) is 0 Å². The fourth-order valence-electron chi connectivity index (χ4n) is 1.35. The van der Waals surface area contributed by atoms with Crippen LogP contribution in [0.4, 0.5) is 5.69 Å². The molecule has 0 fully saturated rings. The average molecular weight is 209 g/mol. The Morgan fingerprint density at radius 2 is 2.29 bits per heavy atom. The average Bonchev–Trinajstić information content (AvgIpc) is 2.62. The number of nitrogens with two attached hydrogens (primary N) is 2. The lowest BCUT2D eigenvalue weighted by Crippen LogP contribution is -2.07. The van der Waals surface area contributed by atoms with Crippen LogP contribution in [0.25, 0.3) is 11.0 Å². The minimum atomic E-state index is -0.113. The van der Waals surface area contributed by atoms with Crippen LogP contribution in [0.15, 0.2) is 22.7 Å². The van der Waals surface area contributed by atoms with Crippen molar-refractivity contribution in [1.29, 1.82) is 0 Å². The fourth-order valence-corrected chi connectivity index (χ4v) is 1.54. The summed E-state index contributed by atoms with van der Waals surface area (Å²) in [5, 5.41) is 4.69. The molecule has 14 heavy (non-hydrogen) atoms. The van der Waals surface area contributed by atoms with Gasteiger partial charge < -0.3 is 16.0 Å². The quantitative estimate of drug-likeness (QED) is 0.515. The van der Waals surface area contributed by atoms with E-state index in [9.17, 15) is 0 Å². The van der Waals surface area contributed by atoms with Gasteiger partial charge in [0.2, 0.25) is 0 Å². The highest BCUT2D eigenvalue weighted by atomic mass is 32.1. The number of fused-ring (bicyclic) bond motifs is 1. The van der Waals surface area contributed by atoms with E-state index in [1.165, 1.54) is 0 Å². The first-order valence-corrected chi connectivity index (χ1v) is 4.77. The van der Waals surface area contributed by atoms with Crippen molar-refractivity contribution in [2.24, 2.45) is 5.73 Å². The first-order valence-electron chi connectivity index (χ1n) is 4.26. The van der Waals surface area contributed by atoms with Gasteiger partial charge in [-0.3, -0.25) is 0 Å². The molecule has 0 spiro atoms. The minimum Gasteiger partial charge on any atom is -0.396 e. The standard InChI is InChI=1S/C9H11N3OS/c10-4-7(14)8-5-2-1-3-6(11)9(5)13-12-8/h1-3,7,14H,4,10-11H2. The Balaban J connectivity index is 2.63. The van der Waals surface area contributed by atoms with Gasteiger partial charge in [0.25, 0.3) is 0 Å². The molecule has 0 saturated heterocycles. The minimum absolute atomic E-state index is 0.113. The molecule has 4 nitrogen and oxygen atoms in total. The topological polar surface area (TPSA) is 78.1 Å². The summed E-state index contributed by atoms with van der Waals surface area (Å²) < 4.78 is 5.12. The highest BCUT2D eigenvalue weighted by molar-refractivity contribution is 7.80. The van der Waals surface area contributed by atoms with Crippen LogP contribution >= 0.6 is 12.6 Å². The molecule has 1 unspecified atom stereocenters. The van der Waals surface area contributed by atoms with Crippen LogP contribution in [0.1, 0.15) is 10.9 Å². The van der Waals surface area contributed by atoms with Gasteiger partial charge in [0.1, 0.15) is 5.69 Å². The largest absolute Gasteiger partial charge is 0.396 e. The van der Waals surface area contributed by atoms with Crippen molar-refractivity contribution in [3.63, 3.8) is 0 Å². The van der Waals surface area contributed by atoms with Gasteiger partial charge in [-0.05, 0) is 12.1 Å². The Bertz CT molecular complexity index is 454. The van der Waals surface area contributed by atoms with E-state index >= 15 is 0 Å². The van der Waals surface area contributed by atoms with E-state index < -0.39 is 0 Å². The lowest BCUT2D eigenvalue weighted by atomic mass is 10.1. The lowest BCUT2D eigenvalue weighted by Gasteiger charge is -2.02. The van der Waals surface area contributed by atoms with E-state index in [1.54, 1.807) is 6.07 Å². The maximum Gasteiger partial charge on any atom is 0.189 e. The normalized spacial score (nSPS) is 13.3. The first kappa shape index (κ1) is 9.36. The number of nitrogen functional groups attached to an aromatic ring is 1.